The van der Waals surface area contributed by atoms with Gasteiger partial charge in [-0.2, -0.15) is 0 Å². The summed E-state index contributed by atoms with van der Waals surface area (Å²) in [6.45, 7) is 2.73. The Kier molecular flexibility index (Phi) is 5.46. The van der Waals surface area contributed by atoms with Crippen molar-refractivity contribution in [2.24, 2.45) is 5.92 Å². The second kappa shape index (κ2) is 7.81. The summed E-state index contributed by atoms with van der Waals surface area (Å²) in [4.78, 5) is 25.9. The Labute approximate surface area is 167 Å². The number of amides is 2. The molecule has 3 aliphatic rings. The highest BCUT2D eigenvalue weighted by molar-refractivity contribution is 14.2. The summed E-state index contributed by atoms with van der Waals surface area (Å²) in [6, 6.07) is 3.94. The third-order valence-corrected chi connectivity index (χ3v) is 6.11. The minimum Gasteiger partial charge on any atom is -0.453 e. The molecule has 4 rings (SSSR count). The molecule has 0 aromatic heterocycles. The van der Waals surface area contributed by atoms with Crippen molar-refractivity contribution >= 4 is 47.9 Å². The molecule has 2 saturated heterocycles. The molecule has 2 fully saturated rings. The molecule has 1 N–H and O–H groups in total. The summed E-state index contributed by atoms with van der Waals surface area (Å²) >= 11 is 2.13. The normalized spacial score (nSPS) is 24.9. The standard InChI is InChI=1S/C17H19IN2O5S/c18-26-25-8-10-5-6-20(7-10)13-3-1-11(15-16(13)24-9-23-15)12-2-4-14(21)19-17(12)22/h1,3,10,12H,2,4-9H2,(H,19,21,22). The lowest BCUT2D eigenvalue weighted by atomic mass is 9.89. The first-order valence-electron chi connectivity index (χ1n) is 8.58. The number of hydrogen-bond donors (Lipinski definition) is 1. The van der Waals surface area contributed by atoms with Crippen LogP contribution in [-0.4, -0.2) is 38.3 Å². The highest BCUT2D eigenvalue weighted by Gasteiger charge is 2.35. The summed E-state index contributed by atoms with van der Waals surface area (Å²) < 4.78 is 16.9. The molecular weight excluding hydrogens is 471 g/mol. The number of fused-ring (bicyclic) bond motifs is 1. The summed E-state index contributed by atoms with van der Waals surface area (Å²) in [5.74, 6) is 0.979. The van der Waals surface area contributed by atoms with Crippen LogP contribution in [0.1, 0.15) is 30.7 Å². The molecule has 7 nitrogen and oxygen atoms in total. The highest BCUT2D eigenvalue weighted by Crippen LogP contribution is 2.48. The zero-order valence-corrected chi connectivity index (χ0v) is 17.0. The van der Waals surface area contributed by atoms with Crippen LogP contribution in [0.15, 0.2) is 12.1 Å². The number of ether oxygens (including phenoxy) is 2. The predicted octanol–water partition coefficient (Wildman–Crippen LogP) is 2.78. The third kappa shape index (κ3) is 3.48. The monoisotopic (exact) mass is 490 g/mol. The molecule has 0 spiro atoms. The van der Waals surface area contributed by atoms with Crippen molar-refractivity contribution in [1.29, 1.82) is 0 Å². The third-order valence-electron chi connectivity index (χ3n) is 5.12. The van der Waals surface area contributed by atoms with Gasteiger partial charge in [0.1, 0.15) is 0 Å². The Morgan fingerprint density at radius 2 is 2.12 bits per heavy atom. The van der Waals surface area contributed by atoms with Crippen LogP contribution < -0.4 is 19.7 Å². The van der Waals surface area contributed by atoms with Gasteiger partial charge in [0, 0.05) is 52.2 Å². The molecule has 26 heavy (non-hydrogen) atoms. The van der Waals surface area contributed by atoms with Crippen LogP contribution in [-0.2, 0) is 13.8 Å². The molecule has 9 heteroatoms. The zero-order valence-electron chi connectivity index (χ0n) is 14.0. The van der Waals surface area contributed by atoms with E-state index in [4.69, 9.17) is 13.7 Å². The van der Waals surface area contributed by atoms with Crippen LogP contribution in [0.2, 0.25) is 0 Å². The van der Waals surface area contributed by atoms with Crippen molar-refractivity contribution in [1.82, 2.24) is 5.32 Å². The van der Waals surface area contributed by atoms with Crippen molar-refractivity contribution in [3.8, 4) is 11.5 Å². The summed E-state index contributed by atoms with van der Waals surface area (Å²) in [6.07, 6.45) is 1.91. The second-order valence-electron chi connectivity index (χ2n) is 6.69. The van der Waals surface area contributed by atoms with Gasteiger partial charge in [0.15, 0.2) is 11.5 Å². The largest absolute Gasteiger partial charge is 0.453 e. The number of imide groups is 1. The van der Waals surface area contributed by atoms with Crippen LogP contribution in [0, 0.1) is 5.92 Å². The number of halogens is 1. The van der Waals surface area contributed by atoms with Gasteiger partial charge in [-0.25, -0.2) is 0 Å². The van der Waals surface area contributed by atoms with E-state index in [0.29, 0.717) is 30.3 Å². The molecule has 2 unspecified atom stereocenters. The number of nitrogens with zero attached hydrogens (tertiary/aromatic N) is 1. The molecule has 3 aliphatic heterocycles. The smallest absolute Gasteiger partial charge is 0.234 e. The summed E-state index contributed by atoms with van der Waals surface area (Å²) in [5, 5.41) is 2.41. The maximum Gasteiger partial charge on any atom is 0.234 e. The number of carbonyl (C=O) groups excluding carboxylic acids is 2. The fraction of sp³-hybridized carbons (Fsp3) is 0.529. The molecule has 0 radical (unpaired) electrons. The van der Waals surface area contributed by atoms with Crippen LogP contribution in [0.25, 0.3) is 0 Å². The number of nitrogens with one attached hydrogen (secondary N) is 1. The van der Waals surface area contributed by atoms with Gasteiger partial charge in [0.05, 0.1) is 27.4 Å². The number of piperidine rings is 1. The lowest BCUT2D eigenvalue weighted by Crippen LogP contribution is -2.39. The van der Waals surface area contributed by atoms with Crippen LogP contribution >= 0.6 is 30.4 Å². The molecule has 0 saturated carbocycles. The van der Waals surface area contributed by atoms with Gasteiger partial charge in [0.2, 0.25) is 18.6 Å². The fourth-order valence-corrected chi connectivity index (χ4v) is 4.51. The average molecular weight is 490 g/mol. The van der Waals surface area contributed by atoms with Crippen molar-refractivity contribution in [3.63, 3.8) is 0 Å². The van der Waals surface area contributed by atoms with Gasteiger partial charge in [-0.3, -0.25) is 14.9 Å². The van der Waals surface area contributed by atoms with Crippen LogP contribution in [0.4, 0.5) is 5.69 Å². The molecule has 1 aromatic rings. The molecule has 0 aliphatic carbocycles. The zero-order chi connectivity index (χ0) is 18.1. The second-order valence-corrected chi connectivity index (χ2v) is 8.13. The van der Waals surface area contributed by atoms with Gasteiger partial charge in [-0.1, -0.05) is 6.07 Å². The van der Waals surface area contributed by atoms with Crippen molar-refractivity contribution in [2.75, 3.05) is 31.4 Å². The van der Waals surface area contributed by atoms with Gasteiger partial charge < -0.3 is 18.6 Å². The first-order chi connectivity index (χ1) is 12.7. The Hall–Kier alpha value is -1.20. The number of hydrogen-bond acceptors (Lipinski definition) is 7. The first-order valence-corrected chi connectivity index (χ1v) is 11.9. The van der Waals surface area contributed by atoms with Gasteiger partial charge in [-0.15, -0.1) is 0 Å². The van der Waals surface area contributed by atoms with E-state index >= 15 is 0 Å². The maximum atomic E-state index is 12.2. The highest BCUT2D eigenvalue weighted by atomic mass is 127. The number of benzene rings is 1. The number of rotatable bonds is 5. The van der Waals surface area contributed by atoms with E-state index in [2.05, 4.69) is 31.4 Å². The maximum absolute atomic E-state index is 12.2. The Morgan fingerprint density at radius 1 is 1.27 bits per heavy atom. The SMILES string of the molecule is O=C1CCC(c2ccc(N3CCC(COSI)C3)c3c2OCO3)C(=O)N1. The molecule has 2 amide bonds. The molecule has 1 aromatic carbocycles. The number of anilines is 1. The molecular formula is C17H19IN2O5S. The summed E-state index contributed by atoms with van der Waals surface area (Å²) in [7, 11) is 1.37. The average Bonchev–Trinajstić information content (AvgIpc) is 3.29. The van der Waals surface area contributed by atoms with Gasteiger partial charge >= 0.3 is 0 Å². The van der Waals surface area contributed by atoms with Crippen molar-refractivity contribution < 1.29 is 23.2 Å². The lowest BCUT2D eigenvalue weighted by Gasteiger charge is -2.24. The van der Waals surface area contributed by atoms with Crippen LogP contribution in [0.5, 0.6) is 11.5 Å². The Morgan fingerprint density at radius 3 is 2.92 bits per heavy atom. The van der Waals surface area contributed by atoms with E-state index in [1.165, 1.54) is 9.21 Å². The first kappa shape index (κ1) is 18.2. The molecule has 3 heterocycles. The van der Waals surface area contributed by atoms with E-state index in [9.17, 15) is 9.59 Å². The Bertz CT molecular complexity index is 731. The quantitative estimate of drug-likeness (QED) is 0.387. The number of carbonyl (C=O) groups is 2. The Balaban J connectivity index is 1.57. The van der Waals surface area contributed by atoms with E-state index in [1.807, 2.05) is 12.1 Å². The fourth-order valence-electron chi connectivity index (χ4n) is 3.83. The topological polar surface area (TPSA) is 77.1 Å². The minimum absolute atomic E-state index is 0.151. The van der Waals surface area contributed by atoms with E-state index in [-0.39, 0.29) is 24.5 Å². The van der Waals surface area contributed by atoms with Crippen LogP contribution in [0.3, 0.4) is 0 Å². The molecule has 140 valence electrons. The summed E-state index contributed by atoms with van der Waals surface area (Å²) in [5.41, 5.74) is 1.80. The van der Waals surface area contributed by atoms with E-state index in [0.717, 1.165) is 37.4 Å². The van der Waals surface area contributed by atoms with Gasteiger partial charge in [-0.05, 0) is 18.9 Å². The van der Waals surface area contributed by atoms with E-state index < -0.39 is 0 Å². The predicted molar refractivity (Wildman–Crippen MR) is 106 cm³/mol. The van der Waals surface area contributed by atoms with E-state index in [1.54, 1.807) is 0 Å². The van der Waals surface area contributed by atoms with Gasteiger partial charge in [0.25, 0.3) is 0 Å². The van der Waals surface area contributed by atoms with Crippen molar-refractivity contribution in [3.05, 3.63) is 17.7 Å². The molecule has 2 atom stereocenters. The van der Waals surface area contributed by atoms with Crippen molar-refractivity contribution in [2.45, 2.75) is 25.2 Å². The minimum atomic E-state index is -0.377. The lowest BCUT2D eigenvalue weighted by molar-refractivity contribution is -0.134. The molecule has 0 bridgehead atoms.